The quantitative estimate of drug-likeness (QED) is 0.381. The molecule has 0 aromatic heterocycles. The summed E-state index contributed by atoms with van der Waals surface area (Å²) in [6.07, 6.45) is 5.61. The summed E-state index contributed by atoms with van der Waals surface area (Å²) in [6.45, 7) is 2.99. The SMILES string of the molecule is CCOc1cc(C=C2SC(=O)N(CC(=O)N3CCCCCC3)C2=O)c(Br)cc1OCC(=O)Nc1ccccc1. The van der Waals surface area contributed by atoms with Crippen molar-refractivity contribution >= 4 is 62.4 Å². The maximum atomic E-state index is 13.1. The van der Waals surface area contributed by atoms with Gasteiger partial charge < -0.3 is 19.7 Å². The average Bonchev–Trinajstić information content (AvgIpc) is 3.10. The van der Waals surface area contributed by atoms with Crippen LogP contribution in [0, 0.1) is 0 Å². The van der Waals surface area contributed by atoms with Crippen molar-refractivity contribution in [1.82, 2.24) is 9.80 Å². The number of anilines is 1. The summed E-state index contributed by atoms with van der Waals surface area (Å²) in [5, 5.41) is 2.29. The van der Waals surface area contributed by atoms with Gasteiger partial charge in [-0.3, -0.25) is 24.1 Å². The van der Waals surface area contributed by atoms with Crippen molar-refractivity contribution in [1.29, 1.82) is 0 Å². The number of likely N-dealkylation sites (tertiary alicyclic amines) is 1. The first-order chi connectivity index (χ1) is 18.9. The van der Waals surface area contributed by atoms with Crippen LogP contribution in [0.25, 0.3) is 6.08 Å². The number of rotatable bonds is 9. The minimum Gasteiger partial charge on any atom is -0.490 e. The fourth-order valence-corrected chi connectivity index (χ4v) is 5.50. The van der Waals surface area contributed by atoms with Crippen LogP contribution in [0.15, 0.2) is 51.8 Å². The summed E-state index contributed by atoms with van der Waals surface area (Å²) in [6, 6.07) is 12.4. The highest BCUT2D eigenvalue weighted by atomic mass is 79.9. The van der Waals surface area contributed by atoms with Crippen LogP contribution in [0.1, 0.15) is 38.2 Å². The molecule has 0 radical (unpaired) electrons. The lowest BCUT2D eigenvalue weighted by Crippen LogP contribution is -2.42. The first kappa shape index (κ1) is 28.7. The van der Waals surface area contributed by atoms with Gasteiger partial charge in [-0.1, -0.05) is 47.0 Å². The molecule has 2 aromatic rings. The Kier molecular flexibility index (Phi) is 10.0. The first-order valence-corrected chi connectivity index (χ1v) is 14.4. The zero-order valence-corrected chi connectivity index (χ0v) is 24.0. The van der Waals surface area contributed by atoms with Gasteiger partial charge in [0.05, 0.1) is 11.5 Å². The third kappa shape index (κ3) is 7.63. The smallest absolute Gasteiger partial charge is 0.294 e. The molecule has 4 amide bonds. The molecule has 39 heavy (non-hydrogen) atoms. The molecule has 206 valence electrons. The van der Waals surface area contributed by atoms with E-state index in [-0.39, 0.29) is 29.9 Å². The van der Waals surface area contributed by atoms with Gasteiger partial charge in [0.1, 0.15) is 6.54 Å². The van der Waals surface area contributed by atoms with Crippen molar-refractivity contribution in [2.24, 2.45) is 0 Å². The molecular formula is C28H30BrN3O6S. The van der Waals surface area contributed by atoms with Crippen LogP contribution >= 0.6 is 27.7 Å². The summed E-state index contributed by atoms with van der Waals surface area (Å²) < 4.78 is 12.0. The highest BCUT2D eigenvalue weighted by molar-refractivity contribution is 9.10. The lowest BCUT2D eigenvalue weighted by atomic mass is 10.1. The summed E-state index contributed by atoms with van der Waals surface area (Å²) in [7, 11) is 0. The van der Waals surface area contributed by atoms with E-state index in [4.69, 9.17) is 9.47 Å². The van der Waals surface area contributed by atoms with Crippen molar-refractivity contribution < 1.29 is 28.7 Å². The van der Waals surface area contributed by atoms with Crippen LogP contribution < -0.4 is 14.8 Å². The number of amides is 4. The van der Waals surface area contributed by atoms with Gasteiger partial charge in [0.25, 0.3) is 17.1 Å². The van der Waals surface area contributed by atoms with E-state index < -0.39 is 11.1 Å². The first-order valence-electron chi connectivity index (χ1n) is 12.8. The number of nitrogens with zero attached hydrogens (tertiary/aromatic N) is 2. The molecule has 0 unspecified atom stereocenters. The number of para-hydroxylation sites is 1. The van der Waals surface area contributed by atoms with Crippen molar-refractivity contribution in [2.75, 3.05) is 38.2 Å². The standard InChI is InChI=1S/C28H30BrN3O6S/c1-2-37-22-14-19(21(29)16-23(22)38-18-25(33)30-20-10-6-5-7-11-20)15-24-27(35)32(28(36)39-24)17-26(34)31-12-8-3-4-9-13-31/h5-7,10-11,14-16H,2-4,8-9,12-13,17-18H2,1H3,(H,30,33). The van der Waals surface area contributed by atoms with Gasteiger partial charge in [-0.2, -0.15) is 0 Å². The van der Waals surface area contributed by atoms with Crippen LogP contribution in [0.3, 0.4) is 0 Å². The molecule has 0 atom stereocenters. The van der Waals surface area contributed by atoms with Crippen molar-refractivity contribution in [2.45, 2.75) is 32.6 Å². The van der Waals surface area contributed by atoms with E-state index in [1.54, 1.807) is 35.2 Å². The number of hydrogen-bond donors (Lipinski definition) is 1. The molecule has 11 heteroatoms. The third-order valence-corrected chi connectivity index (χ3v) is 7.79. The monoisotopic (exact) mass is 615 g/mol. The van der Waals surface area contributed by atoms with E-state index in [2.05, 4.69) is 21.2 Å². The van der Waals surface area contributed by atoms with Gasteiger partial charge in [-0.15, -0.1) is 0 Å². The molecule has 0 aliphatic carbocycles. The summed E-state index contributed by atoms with van der Waals surface area (Å²) in [5.74, 6) is -0.309. The van der Waals surface area contributed by atoms with Crippen molar-refractivity contribution in [3.8, 4) is 11.5 Å². The Morgan fingerprint density at radius 1 is 1.03 bits per heavy atom. The topological polar surface area (TPSA) is 105 Å². The molecule has 0 bridgehead atoms. The molecule has 9 nitrogen and oxygen atoms in total. The van der Waals surface area contributed by atoms with Gasteiger partial charge in [0.15, 0.2) is 18.1 Å². The molecular weight excluding hydrogens is 586 g/mol. The van der Waals surface area contributed by atoms with Crippen molar-refractivity contribution in [3.05, 3.63) is 57.4 Å². The lowest BCUT2D eigenvalue weighted by molar-refractivity contribution is -0.135. The fourth-order valence-electron chi connectivity index (χ4n) is 4.24. The fraction of sp³-hybridized carbons (Fsp3) is 0.357. The van der Waals surface area contributed by atoms with Gasteiger partial charge in [-0.25, -0.2) is 0 Å². The molecule has 2 saturated heterocycles. The number of benzene rings is 2. The second kappa shape index (κ2) is 13.7. The molecule has 2 aromatic carbocycles. The number of carbonyl (C=O) groups excluding carboxylic acids is 4. The Morgan fingerprint density at radius 3 is 2.41 bits per heavy atom. The highest BCUT2D eigenvalue weighted by Gasteiger charge is 2.37. The van der Waals surface area contributed by atoms with E-state index in [0.29, 0.717) is 46.9 Å². The normalized spacial score (nSPS) is 16.8. The van der Waals surface area contributed by atoms with E-state index in [1.165, 1.54) is 0 Å². The third-order valence-electron chi connectivity index (χ3n) is 6.19. The van der Waals surface area contributed by atoms with Crippen LogP contribution in [0.4, 0.5) is 10.5 Å². The predicted molar refractivity (Wildman–Crippen MR) is 154 cm³/mol. The number of thioether (sulfide) groups is 1. The Bertz CT molecular complexity index is 1260. The molecule has 0 saturated carbocycles. The number of imide groups is 1. The van der Waals surface area contributed by atoms with Gasteiger partial charge in [0.2, 0.25) is 5.91 Å². The Balaban J connectivity index is 1.45. The lowest BCUT2D eigenvalue weighted by Gasteiger charge is -2.22. The Morgan fingerprint density at radius 2 is 1.72 bits per heavy atom. The zero-order chi connectivity index (χ0) is 27.8. The second-order valence-electron chi connectivity index (χ2n) is 9.02. The highest BCUT2D eigenvalue weighted by Crippen LogP contribution is 2.38. The maximum Gasteiger partial charge on any atom is 0.294 e. The van der Waals surface area contributed by atoms with Crippen LogP contribution in [0.5, 0.6) is 11.5 Å². The number of hydrogen-bond acceptors (Lipinski definition) is 7. The largest absolute Gasteiger partial charge is 0.490 e. The minimum atomic E-state index is -0.504. The molecule has 2 fully saturated rings. The van der Waals surface area contributed by atoms with E-state index >= 15 is 0 Å². The van der Waals surface area contributed by atoms with Crippen LogP contribution in [-0.4, -0.2) is 65.6 Å². The number of nitrogens with one attached hydrogen (secondary N) is 1. The van der Waals surface area contributed by atoms with Gasteiger partial charge in [0, 0.05) is 23.2 Å². The van der Waals surface area contributed by atoms with Crippen molar-refractivity contribution in [3.63, 3.8) is 0 Å². The molecule has 1 N–H and O–H groups in total. The Labute approximate surface area is 240 Å². The van der Waals surface area contributed by atoms with Gasteiger partial charge >= 0.3 is 0 Å². The molecule has 2 aliphatic heterocycles. The van der Waals surface area contributed by atoms with Crippen LogP contribution in [-0.2, 0) is 14.4 Å². The molecule has 0 spiro atoms. The number of ether oxygens (including phenoxy) is 2. The molecule has 2 aliphatic rings. The number of carbonyl (C=O) groups is 4. The second-order valence-corrected chi connectivity index (χ2v) is 10.9. The Hall–Kier alpha value is -3.31. The summed E-state index contributed by atoms with van der Waals surface area (Å²) in [4.78, 5) is 53.7. The van der Waals surface area contributed by atoms with Crippen LogP contribution in [0.2, 0.25) is 0 Å². The zero-order valence-electron chi connectivity index (χ0n) is 21.6. The molecule has 4 rings (SSSR count). The van der Waals surface area contributed by atoms with Gasteiger partial charge in [-0.05, 0) is 67.4 Å². The maximum absolute atomic E-state index is 13.1. The van der Waals surface area contributed by atoms with E-state index in [1.807, 2.05) is 25.1 Å². The summed E-state index contributed by atoms with van der Waals surface area (Å²) >= 11 is 4.29. The molecule has 2 heterocycles. The average molecular weight is 617 g/mol. The summed E-state index contributed by atoms with van der Waals surface area (Å²) in [5.41, 5.74) is 1.25. The number of halogens is 1. The van der Waals surface area contributed by atoms with E-state index in [9.17, 15) is 19.2 Å². The van der Waals surface area contributed by atoms with E-state index in [0.717, 1.165) is 42.3 Å². The minimum absolute atomic E-state index is 0.210. The predicted octanol–water partition coefficient (Wildman–Crippen LogP) is 5.30.